The second kappa shape index (κ2) is 9.80. The van der Waals surface area contributed by atoms with E-state index in [0.717, 1.165) is 6.42 Å². The average molecular weight is 350 g/mol. The van der Waals surface area contributed by atoms with Gasteiger partial charge in [0.1, 0.15) is 0 Å². The van der Waals surface area contributed by atoms with E-state index in [1.54, 1.807) is 5.56 Å². The molecule has 1 aliphatic rings. The first kappa shape index (κ1) is 19.0. The number of rotatable bonds is 11. The van der Waals surface area contributed by atoms with Crippen LogP contribution in [0.15, 0.2) is 42.5 Å². The molecule has 0 bridgehead atoms. The molecular formula is C25H35N. The standard InChI is InChI=1S/C25H35N/c1-3-5-7-11-18-26(19-12-8-6-4-2)25-17-13-16-23-22-15-10-9-14-21(22)20-24(23)25/h9-10,13-17H,3-8,11-12,18-20H2,1-2H3. The molecule has 1 heteroatoms. The Morgan fingerprint density at radius 3 is 2.04 bits per heavy atom. The molecule has 0 fully saturated rings. The Morgan fingerprint density at radius 2 is 1.35 bits per heavy atom. The summed E-state index contributed by atoms with van der Waals surface area (Å²) in [4.78, 5) is 2.69. The Kier molecular flexibility index (Phi) is 7.17. The lowest BCUT2D eigenvalue weighted by atomic mass is 10.0. The van der Waals surface area contributed by atoms with E-state index in [0.29, 0.717) is 0 Å². The average Bonchev–Trinajstić information content (AvgIpc) is 3.06. The minimum Gasteiger partial charge on any atom is -0.371 e. The Labute approximate surface area is 160 Å². The molecule has 0 atom stereocenters. The van der Waals surface area contributed by atoms with Crippen LogP contribution in [0.4, 0.5) is 5.69 Å². The number of unbranched alkanes of at least 4 members (excludes halogenated alkanes) is 6. The van der Waals surface area contributed by atoms with Crippen LogP contribution in [-0.2, 0) is 6.42 Å². The van der Waals surface area contributed by atoms with Crippen LogP contribution in [0.1, 0.15) is 76.3 Å². The van der Waals surface area contributed by atoms with Gasteiger partial charge in [-0.15, -0.1) is 0 Å². The van der Waals surface area contributed by atoms with Gasteiger partial charge in [-0.2, -0.15) is 0 Å². The van der Waals surface area contributed by atoms with Gasteiger partial charge in [0, 0.05) is 25.2 Å². The largest absolute Gasteiger partial charge is 0.371 e. The summed E-state index contributed by atoms with van der Waals surface area (Å²) >= 11 is 0. The summed E-state index contributed by atoms with van der Waals surface area (Å²) in [5.74, 6) is 0. The van der Waals surface area contributed by atoms with Crippen LogP contribution in [0.25, 0.3) is 11.1 Å². The Morgan fingerprint density at radius 1 is 0.692 bits per heavy atom. The minimum atomic E-state index is 1.10. The first-order chi connectivity index (χ1) is 12.8. The van der Waals surface area contributed by atoms with Gasteiger partial charge in [0.15, 0.2) is 0 Å². The van der Waals surface area contributed by atoms with Gasteiger partial charge in [0.25, 0.3) is 0 Å². The van der Waals surface area contributed by atoms with Crippen molar-refractivity contribution in [2.75, 3.05) is 18.0 Å². The number of benzene rings is 2. The van der Waals surface area contributed by atoms with E-state index in [2.05, 4.69) is 61.2 Å². The van der Waals surface area contributed by atoms with E-state index < -0.39 is 0 Å². The summed E-state index contributed by atoms with van der Waals surface area (Å²) in [6.07, 6.45) is 11.8. The van der Waals surface area contributed by atoms with Crippen LogP contribution in [0.2, 0.25) is 0 Å². The maximum Gasteiger partial charge on any atom is 0.0408 e. The molecule has 1 nitrogen and oxygen atoms in total. The molecule has 2 aromatic rings. The molecule has 0 aromatic heterocycles. The van der Waals surface area contributed by atoms with Crippen molar-refractivity contribution in [1.82, 2.24) is 0 Å². The molecule has 0 unspecified atom stereocenters. The third-order valence-corrected chi connectivity index (χ3v) is 5.73. The molecule has 26 heavy (non-hydrogen) atoms. The van der Waals surface area contributed by atoms with Gasteiger partial charge in [-0.25, -0.2) is 0 Å². The molecule has 0 aliphatic heterocycles. The smallest absolute Gasteiger partial charge is 0.0408 e. The summed E-state index contributed by atoms with van der Waals surface area (Å²) in [6, 6.07) is 15.9. The molecule has 140 valence electrons. The zero-order chi connectivity index (χ0) is 18.2. The fraction of sp³-hybridized carbons (Fsp3) is 0.520. The van der Waals surface area contributed by atoms with Crippen LogP contribution in [0.3, 0.4) is 0 Å². The normalized spacial score (nSPS) is 12.1. The van der Waals surface area contributed by atoms with E-state index in [-0.39, 0.29) is 0 Å². The lowest BCUT2D eigenvalue weighted by molar-refractivity contribution is 0.608. The molecule has 0 saturated carbocycles. The summed E-state index contributed by atoms with van der Waals surface area (Å²) in [6.45, 7) is 7.01. The lowest BCUT2D eigenvalue weighted by Gasteiger charge is -2.27. The van der Waals surface area contributed by atoms with Gasteiger partial charge in [-0.1, -0.05) is 88.8 Å². The quantitative estimate of drug-likeness (QED) is 0.330. The fourth-order valence-corrected chi connectivity index (χ4v) is 4.25. The zero-order valence-electron chi connectivity index (χ0n) is 16.8. The highest BCUT2D eigenvalue weighted by atomic mass is 15.1. The molecule has 0 saturated heterocycles. The minimum absolute atomic E-state index is 1.10. The van der Waals surface area contributed by atoms with Gasteiger partial charge in [0.2, 0.25) is 0 Å². The molecule has 0 radical (unpaired) electrons. The highest BCUT2D eigenvalue weighted by molar-refractivity contribution is 5.82. The van der Waals surface area contributed by atoms with Crippen molar-refractivity contribution in [2.45, 2.75) is 71.6 Å². The van der Waals surface area contributed by atoms with Crippen molar-refractivity contribution in [2.24, 2.45) is 0 Å². The topological polar surface area (TPSA) is 3.24 Å². The summed E-state index contributed by atoms with van der Waals surface area (Å²) in [5.41, 5.74) is 7.45. The molecule has 0 amide bonds. The lowest BCUT2D eigenvalue weighted by Crippen LogP contribution is -2.26. The van der Waals surface area contributed by atoms with E-state index in [9.17, 15) is 0 Å². The summed E-state index contributed by atoms with van der Waals surface area (Å²) < 4.78 is 0. The summed E-state index contributed by atoms with van der Waals surface area (Å²) in [5, 5.41) is 0. The first-order valence-corrected chi connectivity index (χ1v) is 10.8. The highest BCUT2D eigenvalue weighted by Crippen LogP contribution is 2.41. The van der Waals surface area contributed by atoms with E-state index >= 15 is 0 Å². The van der Waals surface area contributed by atoms with Gasteiger partial charge in [0.05, 0.1) is 0 Å². The van der Waals surface area contributed by atoms with Crippen molar-refractivity contribution in [1.29, 1.82) is 0 Å². The molecule has 2 aromatic carbocycles. The van der Waals surface area contributed by atoms with Crippen molar-refractivity contribution in [3.05, 3.63) is 53.6 Å². The van der Waals surface area contributed by atoms with E-state index in [1.807, 2.05) is 0 Å². The SMILES string of the molecule is CCCCCCN(CCCCCC)c1cccc2c1Cc1ccccc1-2. The summed E-state index contributed by atoms with van der Waals surface area (Å²) in [7, 11) is 0. The molecule has 3 rings (SSSR count). The predicted molar refractivity (Wildman–Crippen MR) is 115 cm³/mol. The number of hydrogen-bond acceptors (Lipinski definition) is 1. The van der Waals surface area contributed by atoms with E-state index in [1.165, 1.54) is 86.8 Å². The Hall–Kier alpha value is -1.76. The van der Waals surface area contributed by atoms with Crippen LogP contribution in [-0.4, -0.2) is 13.1 Å². The molecular weight excluding hydrogens is 314 g/mol. The van der Waals surface area contributed by atoms with Gasteiger partial charge in [-0.05, 0) is 41.2 Å². The second-order valence-electron chi connectivity index (χ2n) is 7.75. The van der Waals surface area contributed by atoms with Crippen LogP contribution in [0.5, 0.6) is 0 Å². The fourth-order valence-electron chi connectivity index (χ4n) is 4.25. The maximum atomic E-state index is 2.69. The van der Waals surface area contributed by atoms with Crippen LogP contribution in [0, 0.1) is 0 Å². The van der Waals surface area contributed by atoms with Crippen molar-refractivity contribution < 1.29 is 0 Å². The van der Waals surface area contributed by atoms with Crippen molar-refractivity contribution >= 4 is 5.69 Å². The van der Waals surface area contributed by atoms with E-state index in [4.69, 9.17) is 0 Å². The molecule has 0 N–H and O–H groups in total. The maximum absolute atomic E-state index is 2.69. The number of anilines is 1. The predicted octanol–water partition coefficient (Wildman–Crippen LogP) is 7.22. The van der Waals surface area contributed by atoms with Crippen molar-refractivity contribution in [3.63, 3.8) is 0 Å². The number of hydrogen-bond donors (Lipinski definition) is 0. The van der Waals surface area contributed by atoms with Crippen LogP contribution >= 0.6 is 0 Å². The van der Waals surface area contributed by atoms with Crippen LogP contribution < -0.4 is 4.90 Å². The third-order valence-electron chi connectivity index (χ3n) is 5.73. The Balaban J connectivity index is 1.77. The first-order valence-electron chi connectivity index (χ1n) is 10.8. The highest BCUT2D eigenvalue weighted by Gasteiger charge is 2.22. The second-order valence-corrected chi connectivity index (χ2v) is 7.75. The molecule has 1 aliphatic carbocycles. The number of fused-ring (bicyclic) bond motifs is 3. The van der Waals surface area contributed by atoms with Gasteiger partial charge in [-0.3, -0.25) is 0 Å². The Bertz CT molecular complexity index is 676. The molecule has 0 spiro atoms. The molecule has 0 heterocycles. The monoisotopic (exact) mass is 349 g/mol. The zero-order valence-corrected chi connectivity index (χ0v) is 16.8. The van der Waals surface area contributed by atoms with Gasteiger partial charge < -0.3 is 4.90 Å². The van der Waals surface area contributed by atoms with Crippen molar-refractivity contribution in [3.8, 4) is 11.1 Å². The number of nitrogens with zero attached hydrogens (tertiary/aromatic N) is 1. The van der Waals surface area contributed by atoms with Gasteiger partial charge >= 0.3 is 0 Å². The third kappa shape index (κ3) is 4.50.